The molecule has 10 heteroatoms. The Balaban J connectivity index is 1.45. The molecule has 4 rings (SSSR count). The number of hydrogen-bond donors (Lipinski definition) is 2. The van der Waals surface area contributed by atoms with Crippen molar-refractivity contribution < 1.29 is 18.0 Å². The fraction of sp³-hybridized carbons (Fsp3) is 0.353. The van der Waals surface area contributed by atoms with E-state index in [-0.39, 0.29) is 31.8 Å². The van der Waals surface area contributed by atoms with Crippen molar-refractivity contribution in [3.05, 3.63) is 46.6 Å². The third kappa shape index (κ3) is 3.51. The first-order valence-corrected chi connectivity index (χ1v) is 8.73. The lowest BCUT2D eigenvalue weighted by molar-refractivity contribution is -0.179. The fourth-order valence-electron chi connectivity index (χ4n) is 3.28. The number of carbonyl (C=O) groups is 1. The molecule has 0 saturated carbocycles. The Hall–Kier alpha value is -2.55. The summed E-state index contributed by atoms with van der Waals surface area (Å²) in [6.07, 6.45) is -4.43. The van der Waals surface area contributed by atoms with Gasteiger partial charge in [0.25, 0.3) is 5.91 Å². The van der Waals surface area contributed by atoms with E-state index in [0.717, 1.165) is 10.9 Å². The first-order chi connectivity index (χ1) is 12.8. The third-order valence-electron chi connectivity index (χ3n) is 4.73. The van der Waals surface area contributed by atoms with Gasteiger partial charge in [-0.2, -0.15) is 13.2 Å². The summed E-state index contributed by atoms with van der Waals surface area (Å²) in [5.74, 6) is -0.996. The predicted molar refractivity (Wildman–Crippen MR) is 92.4 cm³/mol. The number of rotatable bonds is 3. The summed E-state index contributed by atoms with van der Waals surface area (Å²) in [6.45, 7) is 0.265. The molecule has 1 amide bonds. The topological polar surface area (TPSA) is 75.6 Å². The number of carbonyl (C=O) groups excluding carboxylic acids is 1. The van der Waals surface area contributed by atoms with E-state index in [0.29, 0.717) is 22.4 Å². The van der Waals surface area contributed by atoms with E-state index < -0.39 is 12.1 Å². The summed E-state index contributed by atoms with van der Waals surface area (Å²) in [5, 5.41) is 11.9. The second-order valence-corrected chi connectivity index (χ2v) is 6.95. The van der Waals surface area contributed by atoms with Crippen LogP contribution < -0.4 is 5.32 Å². The number of aromatic nitrogens is 4. The van der Waals surface area contributed by atoms with Crippen molar-refractivity contribution in [2.75, 3.05) is 0 Å². The van der Waals surface area contributed by atoms with Gasteiger partial charge in [0.1, 0.15) is 11.5 Å². The molecule has 1 aromatic carbocycles. The zero-order valence-electron chi connectivity index (χ0n) is 14.0. The largest absolute Gasteiger partial charge is 0.392 e. The molecule has 3 aromatic rings. The Bertz CT molecular complexity index is 1010. The Kier molecular flexibility index (Phi) is 4.33. The van der Waals surface area contributed by atoms with Crippen molar-refractivity contribution in [1.29, 1.82) is 0 Å². The summed E-state index contributed by atoms with van der Waals surface area (Å²) in [7, 11) is 0. The summed E-state index contributed by atoms with van der Waals surface area (Å²) < 4.78 is 40.3. The van der Waals surface area contributed by atoms with Crippen molar-refractivity contribution in [1.82, 2.24) is 25.1 Å². The quantitative estimate of drug-likeness (QED) is 0.710. The Labute approximate surface area is 156 Å². The van der Waals surface area contributed by atoms with Gasteiger partial charge in [-0.15, -0.1) is 10.2 Å². The van der Waals surface area contributed by atoms with Crippen molar-refractivity contribution in [2.45, 2.75) is 32.1 Å². The Morgan fingerprint density at radius 2 is 2.15 bits per heavy atom. The van der Waals surface area contributed by atoms with Gasteiger partial charge in [0.2, 0.25) is 0 Å². The lowest BCUT2D eigenvalue weighted by Crippen LogP contribution is -2.32. The highest BCUT2D eigenvalue weighted by atomic mass is 35.5. The molecule has 1 unspecified atom stereocenters. The summed E-state index contributed by atoms with van der Waals surface area (Å²) in [5.41, 5.74) is 1.14. The fourth-order valence-corrected chi connectivity index (χ4v) is 3.46. The van der Waals surface area contributed by atoms with Crippen LogP contribution in [0.4, 0.5) is 13.2 Å². The standard InChI is InChI=1S/C17H15ClF3N5O/c18-11-1-2-12-9(5-11)6-13(23-12)16(27)22-8-15-25-24-14-7-10(17(19,20)21)3-4-26(14)15/h1-2,5-6,10,23H,3-4,7-8H2,(H,22,27). The minimum Gasteiger partial charge on any atom is -0.351 e. The Morgan fingerprint density at radius 1 is 1.33 bits per heavy atom. The number of nitrogens with one attached hydrogen (secondary N) is 2. The molecule has 1 atom stereocenters. The zero-order valence-corrected chi connectivity index (χ0v) is 14.7. The van der Waals surface area contributed by atoms with Crippen LogP contribution in [-0.4, -0.2) is 31.8 Å². The van der Waals surface area contributed by atoms with Crippen LogP contribution in [0.1, 0.15) is 28.6 Å². The number of nitrogens with zero attached hydrogens (tertiary/aromatic N) is 3. The van der Waals surface area contributed by atoms with Gasteiger partial charge in [0.05, 0.1) is 12.5 Å². The number of benzene rings is 1. The van der Waals surface area contributed by atoms with Crippen LogP contribution >= 0.6 is 11.6 Å². The minimum absolute atomic E-state index is 0.0156. The monoisotopic (exact) mass is 397 g/mol. The minimum atomic E-state index is -4.23. The van der Waals surface area contributed by atoms with Crippen molar-refractivity contribution in [3.8, 4) is 0 Å². The molecular weight excluding hydrogens is 383 g/mol. The summed E-state index contributed by atoms with van der Waals surface area (Å²) >= 11 is 5.94. The van der Waals surface area contributed by atoms with Gasteiger partial charge in [-0.3, -0.25) is 4.79 Å². The van der Waals surface area contributed by atoms with E-state index >= 15 is 0 Å². The zero-order chi connectivity index (χ0) is 19.2. The van der Waals surface area contributed by atoms with Crippen molar-refractivity contribution >= 4 is 28.4 Å². The van der Waals surface area contributed by atoms with Gasteiger partial charge < -0.3 is 14.9 Å². The van der Waals surface area contributed by atoms with Gasteiger partial charge in [0.15, 0.2) is 5.82 Å². The molecule has 2 aromatic heterocycles. The van der Waals surface area contributed by atoms with E-state index in [1.165, 1.54) is 0 Å². The van der Waals surface area contributed by atoms with Gasteiger partial charge >= 0.3 is 6.18 Å². The highest BCUT2D eigenvalue weighted by Gasteiger charge is 2.42. The maximum absolute atomic E-state index is 12.9. The highest BCUT2D eigenvalue weighted by Crippen LogP contribution is 2.34. The maximum atomic E-state index is 12.9. The van der Waals surface area contributed by atoms with E-state index in [1.807, 2.05) is 0 Å². The number of aromatic amines is 1. The predicted octanol–water partition coefficient (Wildman–Crippen LogP) is 3.47. The van der Waals surface area contributed by atoms with Crippen molar-refractivity contribution in [2.24, 2.45) is 5.92 Å². The van der Waals surface area contributed by atoms with Crippen LogP contribution in [0.15, 0.2) is 24.3 Å². The average Bonchev–Trinajstić information content (AvgIpc) is 3.21. The lowest BCUT2D eigenvalue weighted by Gasteiger charge is -2.25. The molecule has 0 aliphatic carbocycles. The average molecular weight is 398 g/mol. The van der Waals surface area contributed by atoms with Crippen LogP contribution in [0.25, 0.3) is 10.9 Å². The van der Waals surface area contributed by atoms with Crippen LogP contribution in [-0.2, 0) is 19.5 Å². The molecule has 0 saturated heterocycles. The molecule has 27 heavy (non-hydrogen) atoms. The Morgan fingerprint density at radius 3 is 2.93 bits per heavy atom. The highest BCUT2D eigenvalue weighted by molar-refractivity contribution is 6.31. The number of halogens is 4. The number of H-pyrrole nitrogens is 1. The van der Waals surface area contributed by atoms with E-state index in [4.69, 9.17) is 11.6 Å². The van der Waals surface area contributed by atoms with Crippen LogP contribution in [0.3, 0.4) is 0 Å². The van der Waals surface area contributed by atoms with Crippen LogP contribution in [0, 0.1) is 5.92 Å². The van der Waals surface area contributed by atoms with E-state index in [9.17, 15) is 18.0 Å². The van der Waals surface area contributed by atoms with Gasteiger partial charge in [-0.1, -0.05) is 11.6 Å². The molecule has 0 spiro atoms. The number of amides is 1. The van der Waals surface area contributed by atoms with Crippen molar-refractivity contribution in [3.63, 3.8) is 0 Å². The lowest BCUT2D eigenvalue weighted by atomic mass is 9.97. The second kappa shape index (κ2) is 6.56. The molecule has 6 nitrogen and oxygen atoms in total. The second-order valence-electron chi connectivity index (χ2n) is 6.51. The molecule has 1 aliphatic heterocycles. The molecule has 0 radical (unpaired) electrons. The van der Waals surface area contributed by atoms with Gasteiger partial charge in [-0.05, 0) is 30.7 Å². The SMILES string of the molecule is O=C(NCc1nnc2n1CCC(C(F)(F)F)C2)c1cc2cc(Cl)ccc2[nH]1. The normalized spacial score (nSPS) is 17.1. The first-order valence-electron chi connectivity index (χ1n) is 8.35. The first kappa shape index (κ1) is 17.8. The van der Waals surface area contributed by atoms with Crippen LogP contribution in [0.2, 0.25) is 5.02 Å². The van der Waals surface area contributed by atoms with Crippen LogP contribution in [0.5, 0.6) is 0 Å². The number of alkyl halides is 3. The van der Waals surface area contributed by atoms with E-state index in [2.05, 4.69) is 20.5 Å². The molecule has 142 valence electrons. The molecule has 0 fully saturated rings. The molecule has 0 bridgehead atoms. The molecule has 1 aliphatic rings. The molecular formula is C17H15ClF3N5O. The maximum Gasteiger partial charge on any atom is 0.392 e. The number of fused-ring (bicyclic) bond motifs is 2. The molecule has 3 heterocycles. The summed E-state index contributed by atoms with van der Waals surface area (Å²) in [6, 6.07) is 6.93. The van der Waals surface area contributed by atoms with Gasteiger partial charge in [0, 0.05) is 28.9 Å². The number of hydrogen-bond acceptors (Lipinski definition) is 3. The molecule has 2 N–H and O–H groups in total. The summed E-state index contributed by atoms with van der Waals surface area (Å²) in [4.78, 5) is 15.4. The van der Waals surface area contributed by atoms with E-state index in [1.54, 1.807) is 28.8 Å². The van der Waals surface area contributed by atoms with Gasteiger partial charge in [-0.25, -0.2) is 0 Å². The smallest absolute Gasteiger partial charge is 0.351 e. The third-order valence-corrected chi connectivity index (χ3v) is 4.97.